The van der Waals surface area contributed by atoms with E-state index in [1.165, 1.54) is 6.08 Å². The average molecular weight is 262 g/mol. The fourth-order valence-electron chi connectivity index (χ4n) is 1.41. The van der Waals surface area contributed by atoms with Gasteiger partial charge in [0.1, 0.15) is 0 Å². The molecule has 19 heavy (non-hydrogen) atoms. The van der Waals surface area contributed by atoms with Gasteiger partial charge < -0.3 is 15.7 Å². The van der Waals surface area contributed by atoms with Crippen LogP contribution in [0.25, 0.3) is 6.08 Å². The van der Waals surface area contributed by atoms with E-state index in [0.717, 1.165) is 17.2 Å². The number of rotatable bonds is 5. The number of carbonyl (C=O) groups excluding carboxylic acids is 1. The lowest BCUT2D eigenvalue weighted by atomic mass is 10.1. The zero-order valence-corrected chi connectivity index (χ0v) is 11.0. The highest BCUT2D eigenvalue weighted by Crippen LogP contribution is 2.06. The first-order valence-electron chi connectivity index (χ1n) is 6.01. The standard InChI is InChI=1S/C14H18N2O3/c1-10(2)16-14(19)15-9-12-5-3-11(4-6-12)7-8-13(17)18/h3-8,10H,9H2,1-2H3,(H,17,18)(H2,15,16,19)/b8-7+. The van der Waals surface area contributed by atoms with E-state index < -0.39 is 5.97 Å². The van der Waals surface area contributed by atoms with Crippen molar-refractivity contribution in [3.05, 3.63) is 41.5 Å². The van der Waals surface area contributed by atoms with Crippen molar-refractivity contribution in [2.24, 2.45) is 0 Å². The smallest absolute Gasteiger partial charge is 0.328 e. The molecule has 102 valence electrons. The number of carbonyl (C=O) groups is 2. The molecule has 0 aliphatic heterocycles. The van der Waals surface area contributed by atoms with Crippen molar-refractivity contribution >= 4 is 18.1 Å². The Morgan fingerprint density at radius 2 is 1.89 bits per heavy atom. The molecule has 5 heteroatoms. The molecule has 0 atom stereocenters. The predicted octanol–water partition coefficient (Wildman–Crippen LogP) is 1.99. The molecule has 3 N–H and O–H groups in total. The van der Waals surface area contributed by atoms with Gasteiger partial charge in [-0.25, -0.2) is 9.59 Å². The average Bonchev–Trinajstić information content (AvgIpc) is 2.34. The van der Waals surface area contributed by atoms with Gasteiger partial charge in [-0.3, -0.25) is 0 Å². The Hall–Kier alpha value is -2.30. The minimum Gasteiger partial charge on any atom is -0.478 e. The molecular formula is C14H18N2O3. The Labute approximate surface area is 112 Å². The number of amides is 2. The van der Waals surface area contributed by atoms with Crippen LogP contribution < -0.4 is 10.6 Å². The zero-order valence-electron chi connectivity index (χ0n) is 11.0. The summed E-state index contributed by atoms with van der Waals surface area (Å²) in [7, 11) is 0. The summed E-state index contributed by atoms with van der Waals surface area (Å²) in [6.45, 7) is 4.22. The van der Waals surface area contributed by atoms with Crippen molar-refractivity contribution in [3.63, 3.8) is 0 Å². The summed E-state index contributed by atoms with van der Waals surface area (Å²) >= 11 is 0. The van der Waals surface area contributed by atoms with Gasteiger partial charge in [-0.05, 0) is 31.1 Å². The topological polar surface area (TPSA) is 78.4 Å². The molecule has 0 aliphatic carbocycles. The molecule has 5 nitrogen and oxygen atoms in total. The Bertz CT molecular complexity index is 464. The van der Waals surface area contributed by atoms with Crippen LogP contribution in [-0.4, -0.2) is 23.1 Å². The maximum absolute atomic E-state index is 11.4. The van der Waals surface area contributed by atoms with Gasteiger partial charge in [-0.15, -0.1) is 0 Å². The van der Waals surface area contributed by atoms with Crippen molar-refractivity contribution in [3.8, 4) is 0 Å². The number of nitrogens with one attached hydrogen (secondary N) is 2. The van der Waals surface area contributed by atoms with Gasteiger partial charge in [-0.1, -0.05) is 24.3 Å². The number of benzene rings is 1. The molecule has 0 spiro atoms. The first-order chi connectivity index (χ1) is 8.97. The van der Waals surface area contributed by atoms with Crippen molar-refractivity contribution in [2.45, 2.75) is 26.4 Å². The third-order valence-corrected chi connectivity index (χ3v) is 2.27. The van der Waals surface area contributed by atoms with Crippen molar-refractivity contribution in [1.29, 1.82) is 0 Å². The maximum Gasteiger partial charge on any atom is 0.328 e. The van der Waals surface area contributed by atoms with Crippen molar-refractivity contribution < 1.29 is 14.7 Å². The minimum atomic E-state index is -0.976. The van der Waals surface area contributed by atoms with Crippen molar-refractivity contribution in [2.75, 3.05) is 0 Å². The lowest BCUT2D eigenvalue weighted by Crippen LogP contribution is -2.39. The van der Waals surface area contributed by atoms with Gasteiger partial charge in [0.2, 0.25) is 0 Å². The Balaban J connectivity index is 2.48. The molecule has 0 radical (unpaired) electrons. The normalized spacial score (nSPS) is 10.7. The van der Waals surface area contributed by atoms with E-state index in [4.69, 9.17) is 5.11 Å². The van der Waals surface area contributed by atoms with Crippen LogP contribution in [0.4, 0.5) is 4.79 Å². The molecule has 0 aliphatic rings. The summed E-state index contributed by atoms with van der Waals surface area (Å²) in [4.78, 5) is 21.7. The van der Waals surface area contributed by atoms with Crippen molar-refractivity contribution in [1.82, 2.24) is 10.6 Å². The Morgan fingerprint density at radius 3 is 2.42 bits per heavy atom. The largest absolute Gasteiger partial charge is 0.478 e. The molecule has 0 fully saturated rings. The van der Waals surface area contributed by atoms with Crippen LogP contribution >= 0.6 is 0 Å². The molecule has 0 saturated carbocycles. The SMILES string of the molecule is CC(C)NC(=O)NCc1ccc(/C=C/C(=O)O)cc1. The highest BCUT2D eigenvalue weighted by molar-refractivity contribution is 5.85. The Kier molecular flexibility index (Phi) is 5.60. The summed E-state index contributed by atoms with van der Waals surface area (Å²) in [5.74, 6) is -0.976. The fraction of sp³-hybridized carbons (Fsp3) is 0.286. The predicted molar refractivity (Wildman–Crippen MR) is 73.6 cm³/mol. The summed E-state index contributed by atoms with van der Waals surface area (Å²) in [5.41, 5.74) is 1.75. The highest BCUT2D eigenvalue weighted by Gasteiger charge is 2.01. The van der Waals surface area contributed by atoms with E-state index in [0.29, 0.717) is 6.54 Å². The molecular weight excluding hydrogens is 244 g/mol. The number of aliphatic carboxylic acids is 1. The van der Waals surface area contributed by atoms with Gasteiger partial charge in [0, 0.05) is 18.7 Å². The number of hydrogen-bond donors (Lipinski definition) is 3. The summed E-state index contributed by atoms with van der Waals surface area (Å²) in [6.07, 6.45) is 2.61. The number of carboxylic acid groups (broad SMARTS) is 1. The fourth-order valence-corrected chi connectivity index (χ4v) is 1.41. The number of urea groups is 1. The molecule has 1 rings (SSSR count). The number of carboxylic acids is 1. The number of hydrogen-bond acceptors (Lipinski definition) is 2. The summed E-state index contributed by atoms with van der Waals surface area (Å²) < 4.78 is 0. The maximum atomic E-state index is 11.4. The molecule has 0 bridgehead atoms. The molecule has 1 aromatic rings. The van der Waals surface area contributed by atoms with Crippen LogP contribution in [0.1, 0.15) is 25.0 Å². The van der Waals surface area contributed by atoms with Crippen LogP contribution in [-0.2, 0) is 11.3 Å². The van der Waals surface area contributed by atoms with Crippen LogP contribution in [0.5, 0.6) is 0 Å². The molecule has 0 saturated heterocycles. The van der Waals surface area contributed by atoms with Gasteiger partial charge in [0.05, 0.1) is 0 Å². The lowest BCUT2D eigenvalue weighted by molar-refractivity contribution is -0.131. The van der Waals surface area contributed by atoms with Gasteiger partial charge in [0.25, 0.3) is 0 Å². The molecule has 1 aromatic carbocycles. The second-order valence-electron chi connectivity index (χ2n) is 4.39. The molecule has 2 amide bonds. The second kappa shape index (κ2) is 7.20. The third kappa shape index (κ3) is 6.26. The second-order valence-corrected chi connectivity index (χ2v) is 4.39. The van der Waals surface area contributed by atoms with Crippen LogP contribution in [0.3, 0.4) is 0 Å². The first-order valence-corrected chi connectivity index (χ1v) is 6.01. The van der Waals surface area contributed by atoms with Crippen LogP contribution in [0, 0.1) is 0 Å². The van der Waals surface area contributed by atoms with E-state index in [2.05, 4.69) is 10.6 Å². The molecule has 0 heterocycles. The summed E-state index contributed by atoms with van der Waals surface area (Å²) in [5, 5.41) is 14.0. The van der Waals surface area contributed by atoms with E-state index in [1.807, 2.05) is 26.0 Å². The van der Waals surface area contributed by atoms with Crippen LogP contribution in [0.2, 0.25) is 0 Å². The lowest BCUT2D eigenvalue weighted by Gasteiger charge is -2.10. The Morgan fingerprint density at radius 1 is 1.26 bits per heavy atom. The van der Waals surface area contributed by atoms with Gasteiger partial charge in [0.15, 0.2) is 0 Å². The monoisotopic (exact) mass is 262 g/mol. The third-order valence-electron chi connectivity index (χ3n) is 2.27. The van der Waals surface area contributed by atoms with E-state index in [-0.39, 0.29) is 12.1 Å². The first kappa shape index (κ1) is 14.8. The van der Waals surface area contributed by atoms with E-state index in [1.54, 1.807) is 12.1 Å². The van der Waals surface area contributed by atoms with Gasteiger partial charge in [-0.2, -0.15) is 0 Å². The molecule has 0 unspecified atom stereocenters. The zero-order chi connectivity index (χ0) is 14.3. The summed E-state index contributed by atoms with van der Waals surface area (Å²) in [6, 6.07) is 7.19. The van der Waals surface area contributed by atoms with Crippen LogP contribution in [0.15, 0.2) is 30.3 Å². The van der Waals surface area contributed by atoms with E-state index in [9.17, 15) is 9.59 Å². The quantitative estimate of drug-likeness (QED) is 0.710. The highest BCUT2D eigenvalue weighted by atomic mass is 16.4. The van der Waals surface area contributed by atoms with E-state index >= 15 is 0 Å². The minimum absolute atomic E-state index is 0.100. The molecule has 0 aromatic heterocycles. The van der Waals surface area contributed by atoms with Gasteiger partial charge >= 0.3 is 12.0 Å².